The Morgan fingerprint density at radius 2 is 1.85 bits per heavy atom. The fourth-order valence-corrected chi connectivity index (χ4v) is 3.55. The predicted molar refractivity (Wildman–Crippen MR) is 109 cm³/mol. The second kappa shape index (κ2) is 8.31. The first-order chi connectivity index (χ1) is 12.5. The largest absolute Gasteiger partial charge is 0.338 e. The summed E-state index contributed by atoms with van der Waals surface area (Å²) >= 11 is 5.63. The third kappa shape index (κ3) is 4.60. The number of nitrogens with zero attached hydrogens (tertiary/aromatic N) is 2. The molecule has 0 aromatic heterocycles. The monoisotopic (exact) mass is 365 g/mol. The molecule has 2 N–H and O–H groups in total. The highest BCUT2D eigenvalue weighted by Crippen LogP contribution is 2.17. The summed E-state index contributed by atoms with van der Waals surface area (Å²) in [5, 5.41) is 13.1. The molecule has 3 rings (SSSR count). The van der Waals surface area contributed by atoms with Crippen molar-refractivity contribution >= 4 is 23.0 Å². The number of hydrogen-bond acceptors (Lipinski definition) is 2. The normalized spacial score (nSPS) is 14.7. The highest BCUT2D eigenvalue weighted by molar-refractivity contribution is 7.80. The molecule has 0 bridgehead atoms. The highest BCUT2D eigenvalue weighted by Gasteiger charge is 2.22. The number of aryl methyl sites for hydroxylation is 2. The van der Waals surface area contributed by atoms with Crippen LogP contribution < -0.4 is 10.2 Å². The van der Waals surface area contributed by atoms with Crippen LogP contribution in [0.2, 0.25) is 0 Å². The van der Waals surface area contributed by atoms with Crippen LogP contribution >= 0.6 is 12.2 Å². The molecule has 0 radical (unpaired) electrons. The van der Waals surface area contributed by atoms with Gasteiger partial charge in [0.25, 0.3) is 0 Å². The Labute approximate surface area is 161 Å². The molecule has 4 nitrogen and oxygen atoms in total. The number of thiocarbonyl (C=S) groups is 1. The molecule has 1 aliphatic heterocycles. The third-order valence-electron chi connectivity index (χ3n) is 4.93. The molecular formula is C21H25N4S+. The van der Waals surface area contributed by atoms with Gasteiger partial charge in [-0.25, -0.2) is 0 Å². The molecule has 0 unspecified atom stereocenters. The first-order valence-electron chi connectivity index (χ1n) is 9.01. The summed E-state index contributed by atoms with van der Waals surface area (Å²) in [5.74, 6) is 0. The van der Waals surface area contributed by atoms with E-state index < -0.39 is 0 Å². The number of quaternary nitrogens is 1. The fourth-order valence-electron chi connectivity index (χ4n) is 3.25. The fraction of sp³-hybridized carbons (Fsp3) is 0.333. The summed E-state index contributed by atoms with van der Waals surface area (Å²) in [6.45, 7) is 9.24. The van der Waals surface area contributed by atoms with Gasteiger partial charge in [-0.3, -0.25) is 0 Å². The quantitative estimate of drug-likeness (QED) is 0.819. The van der Waals surface area contributed by atoms with E-state index in [0.717, 1.165) is 49.1 Å². The molecule has 0 aliphatic carbocycles. The molecule has 134 valence electrons. The molecule has 26 heavy (non-hydrogen) atoms. The van der Waals surface area contributed by atoms with E-state index in [1.807, 2.05) is 12.1 Å². The summed E-state index contributed by atoms with van der Waals surface area (Å²) < 4.78 is 0. The van der Waals surface area contributed by atoms with Crippen LogP contribution in [-0.4, -0.2) is 36.2 Å². The Hall–Kier alpha value is -2.42. The van der Waals surface area contributed by atoms with Gasteiger partial charge in [0.15, 0.2) is 5.11 Å². The van der Waals surface area contributed by atoms with Gasteiger partial charge in [-0.15, -0.1) is 0 Å². The van der Waals surface area contributed by atoms with Gasteiger partial charge >= 0.3 is 0 Å². The van der Waals surface area contributed by atoms with Gasteiger partial charge in [0.1, 0.15) is 6.54 Å². The maximum atomic E-state index is 8.89. The minimum absolute atomic E-state index is 0.719. The molecular weight excluding hydrogens is 340 g/mol. The summed E-state index contributed by atoms with van der Waals surface area (Å²) in [6, 6.07) is 16.5. The number of piperazine rings is 1. The number of anilines is 1. The van der Waals surface area contributed by atoms with Gasteiger partial charge in [-0.2, -0.15) is 5.26 Å². The van der Waals surface area contributed by atoms with E-state index in [9.17, 15) is 0 Å². The average Bonchev–Trinajstić information content (AvgIpc) is 2.66. The maximum absolute atomic E-state index is 8.89. The number of rotatable bonds is 3. The Morgan fingerprint density at radius 3 is 2.50 bits per heavy atom. The van der Waals surface area contributed by atoms with Crippen molar-refractivity contribution in [2.45, 2.75) is 20.4 Å². The first kappa shape index (κ1) is 18.4. The molecule has 0 amide bonds. The topological polar surface area (TPSA) is 43.5 Å². The van der Waals surface area contributed by atoms with Crippen LogP contribution in [0.3, 0.4) is 0 Å². The molecule has 1 heterocycles. The van der Waals surface area contributed by atoms with E-state index in [1.165, 1.54) is 16.7 Å². The first-order valence-corrected chi connectivity index (χ1v) is 9.42. The molecule has 2 aromatic rings. The number of nitrogens with one attached hydrogen (secondary N) is 2. The van der Waals surface area contributed by atoms with Crippen LogP contribution in [0.1, 0.15) is 22.3 Å². The molecule has 1 fully saturated rings. The highest BCUT2D eigenvalue weighted by atomic mass is 32.1. The molecule has 1 aliphatic rings. The lowest BCUT2D eigenvalue weighted by Crippen LogP contribution is -3.13. The van der Waals surface area contributed by atoms with Gasteiger partial charge in [0.2, 0.25) is 0 Å². The molecule has 0 atom stereocenters. The number of hydrogen-bond donors (Lipinski definition) is 2. The van der Waals surface area contributed by atoms with Crippen molar-refractivity contribution in [3.05, 3.63) is 64.7 Å². The van der Waals surface area contributed by atoms with Crippen molar-refractivity contribution in [1.82, 2.24) is 4.90 Å². The average molecular weight is 366 g/mol. The van der Waals surface area contributed by atoms with Gasteiger partial charge < -0.3 is 15.1 Å². The Bertz CT molecular complexity index is 815. The van der Waals surface area contributed by atoms with Gasteiger partial charge in [0.05, 0.1) is 37.8 Å². The SMILES string of the molecule is Cc1ccc(C)c(NC(=S)N2CC[NH+](Cc3ccc(C#N)cc3)CC2)c1. The van der Waals surface area contributed by atoms with Crippen LogP contribution in [0.5, 0.6) is 0 Å². The van der Waals surface area contributed by atoms with Crippen LogP contribution in [0, 0.1) is 25.2 Å². The van der Waals surface area contributed by atoms with Gasteiger partial charge in [-0.1, -0.05) is 24.3 Å². The molecule has 2 aromatic carbocycles. The van der Waals surface area contributed by atoms with Crippen LogP contribution in [0.25, 0.3) is 0 Å². The van der Waals surface area contributed by atoms with Crippen molar-refractivity contribution in [3.8, 4) is 6.07 Å². The lowest BCUT2D eigenvalue weighted by molar-refractivity contribution is -0.917. The number of nitriles is 1. The molecule has 0 spiro atoms. The Morgan fingerprint density at radius 1 is 1.15 bits per heavy atom. The zero-order chi connectivity index (χ0) is 18.5. The second-order valence-electron chi connectivity index (χ2n) is 6.97. The van der Waals surface area contributed by atoms with E-state index in [0.29, 0.717) is 0 Å². The van der Waals surface area contributed by atoms with Crippen LogP contribution in [0.15, 0.2) is 42.5 Å². The summed E-state index contributed by atoms with van der Waals surface area (Å²) in [7, 11) is 0. The minimum Gasteiger partial charge on any atom is -0.338 e. The number of benzene rings is 2. The van der Waals surface area contributed by atoms with E-state index in [1.54, 1.807) is 4.90 Å². The smallest absolute Gasteiger partial charge is 0.173 e. The Kier molecular flexibility index (Phi) is 5.87. The van der Waals surface area contributed by atoms with E-state index in [4.69, 9.17) is 17.5 Å². The van der Waals surface area contributed by atoms with Crippen molar-refractivity contribution in [2.75, 3.05) is 31.5 Å². The van der Waals surface area contributed by atoms with E-state index >= 15 is 0 Å². The van der Waals surface area contributed by atoms with Crippen molar-refractivity contribution in [1.29, 1.82) is 5.26 Å². The van der Waals surface area contributed by atoms with Crippen molar-refractivity contribution in [3.63, 3.8) is 0 Å². The lowest BCUT2D eigenvalue weighted by atomic mass is 10.1. The predicted octanol–water partition coefficient (Wildman–Crippen LogP) is 2.27. The van der Waals surface area contributed by atoms with Crippen molar-refractivity contribution < 1.29 is 4.90 Å². The maximum Gasteiger partial charge on any atom is 0.173 e. The Balaban J connectivity index is 1.52. The summed E-state index contributed by atoms with van der Waals surface area (Å²) in [4.78, 5) is 3.82. The van der Waals surface area contributed by atoms with Crippen LogP contribution in [-0.2, 0) is 6.54 Å². The van der Waals surface area contributed by atoms with E-state index in [2.05, 4.69) is 60.5 Å². The molecule has 1 saturated heterocycles. The van der Waals surface area contributed by atoms with Crippen LogP contribution in [0.4, 0.5) is 5.69 Å². The molecule has 5 heteroatoms. The van der Waals surface area contributed by atoms with Gasteiger partial charge in [0, 0.05) is 11.3 Å². The zero-order valence-electron chi connectivity index (χ0n) is 15.4. The van der Waals surface area contributed by atoms with Crippen molar-refractivity contribution in [2.24, 2.45) is 0 Å². The summed E-state index contributed by atoms with van der Waals surface area (Å²) in [6.07, 6.45) is 0. The lowest BCUT2D eigenvalue weighted by Gasteiger charge is -2.34. The summed E-state index contributed by atoms with van der Waals surface area (Å²) in [5.41, 5.74) is 5.54. The third-order valence-corrected chi connectivity index (χ3v) is 5.29. The molecule has 0 saturated carbocycles. The standard InChI is InChI=1S/C21H24N4S/c1-16-3-4-17(2)20(13-16)23-21(26)25-11-9-24(10-12-25)15-19-7-5-18(14-22)6-8-19/h3-8,13H,9-12,15H2,1-2H3,(H,23,26)/p+1. The minimum atomic E-state index is 0.719. The zero-order valence-corrected chi connectivity index (χ0v) is 16.2. The van der Waals surface area contributed by atoms with E-state index in [-0.39, 0.29) is 0 Å². The van der Waals surface area contributed by atoms with Gasteiger partial charge in [-0.05, 0) is 55.4 Å². The second-order valence-corrected chi connectivity index (χ2v) is 7.36.